The molecule has 7 heteroatoms. The average Bonchev–Trinajstić information content (AvgIpc) is 2.90. The van der Waals surface area contributed by atoms with Gasteiger partial charge in [0.2, 0.25) is 5.09 Å². The first kappa shape index (κ1) is 15.3. The highest BCUT2D eigenvalue weighted by atomic mass is 127. The normalized spacial score (nSPS) is 11.6. The molecule has 2 rings (SSSR count). The van der Waals surface area contributed by atoms with Crippen LogP contribution in [0.2, 0.25) is 0 Å². The Hall–Kier alpha value is -1.06. The lowest BCUT2D eigenvalue weighted by Crippen LogP contribution is -2.17. The highest BCUT2D eigenvalue weighted by molar-refractivity contribution is 14.1. The Morgan fingerprint density at radius 2 is 2.00 bits per heavy atom. The van der Waals surface area contributed by atoms with Gasteiger partial charge < -0.3 is 9.73 Å². The van der Waals surface area contributed by atoms with Crippen LogP contribution in [0.15, 0.2) is 39.8 Å². The van der Waals surface area contributed by atoms with Crippen molar-refractivity contribution in [3.63, 3.8) is 0 Å². The molecular weight excluding hydrogens is 391 g/mol. The Balaban J connectivity index is 2.06. The summed E-state index contributed by atoms with van der Waals surface area (Å²) in [5, 5.41) is 3.12. The summed E-state index contributed by atoms with van der Waals surface area (Å²) in [5.41, 5.74) is 2.19. The molecule has 0 aliphatic rings. The van der Waals surface area contributed by atoms with Gasteiger partial charge in [-0.05, 0) is 66.4 Å². The third-order valence-corrected chi connectivity index (χ3v) is 5.26. The second-order valence-corrected chi connectivity index (χ2v) is 7.23. The SMILES string of the molecule is CNS(=O)(=O)c1ccc(CNc2ccc(C)c(I)c2)o1. The molecule has 1 aromatic heterocycles. The highest BCUT2D eigenvalue weighted by Gasteiger charge is 2.16. The molecule has 0 aliphatic heterocycles. The van der Waals surface area contributed by atoms with Crippen molar-refractivity contribution in [2.45, 2.75) is 18.6 Å². The zero-order valence-corrected chi connectivity index (χ0v) is 14.1. The fraction of sp³-hybridized carbons (Fsp3) is 0.231. The van der Waals surface area contributed by atoms with E-state index in [2.05, 4.69) is 32.6 Å². The monoisotopic (exact) mass is 406 g/mol. The van der Waals surface area contributed by atoms with Gasteiger partial charge in [0.1, 0.15) is 5.76 Å². The van der Waals surface area contributed by atoms with Crippen molar-refractivity contribution in [1.82, 2.24) is 4.72 Å². The maximum Gasteiger partial charge on any atom is 0.273 e. The predicted molar refractivity (Wildman–Crippen MR) is 86.2 cm³/mol. The van der Waals surface area contributed by atoms with Gasteiger partial charge in [-0.2, -0.15) is 0 Å². The van der Waals surface area contributed by atoms with Crippen molar-refractivity contribution >= 4 is 38.3 Å². The van der Waals surface area contributed by atoms with Crippen molar-refractivity contribution in [2.75, 3.05) is 12.4 Å². The van der Waals surface area contributed by atoms with Crippen LogP contribution in [0, 0.1) is 10.5 Å². The van der Waals surface area contributed by atoms with E-state index in [0.717, 1.165) is 5.69 Å². The van der Waals surface area contributed by atoms with Crippen LogP contribution in [0.4, 0.5) is 5.69 Å². The van der Waals surface area contributed by atoms with Crippen LogP contribution in [0.25, 0.3) is 0 Å². The third-order valence-electron chi connectivity index (χ3n) is 2.81. The third kappa shape index (κ3) is 3.53. The lowest BCUT2D eigenvalue weighted by molar-refractivity contribution is 0.417. The lowest BCUT2D eigenvalue weighted by Gasteiger charge is -2.06. The molecule has 0 saturated heterocycles. The fourth-order valence-electron chi connectivity index (χ4n) is 1.59. The first-order valence-electron chi connectivity index (χ1n) is 5.94. The van der Waals surface area contributed by atoms with E-state index < -0.39 is 10.0 Å². The predicted octanol–water partition coefficient (Wildman–Crippen LogP) is 2.71. The Morgan fingerprint density at radius 3 is 2.65 bits per heavy atom. The minimum absolute atomic E-state index is 0.0738. The maximum atomic E-state index is 11.5. The summed E-state index contributed by atoms with van der Waals surface area (Å²) in [4.78, 5) is 0. The minimum atomic E-state index is -3.52. The quantitative estimate of drug-likeness (QED) is 0.750. The Bertz CT molecular complexity index is 710. The first-order chi connectivity index (χ1) is 9.42. The van der Waals surface area contributed by atoms with Gasteiger partial charge in [0.05, 0.1) is 6.54 Å². The van der Waals surface area contributed by atoms with Crippen LogP contribution in [-0.2, 0) is 16.6 Å². The van der Waals surface area contributed by atoms with Gasteiger partial charge in [-0.25, -0.2) is 13.1 Å². The van der Waals surface area contributed by atoms with Crippen LogP contribution in [-0.4, -0.2) is 15.5 Å². The number of rotatable bonds is 5. The van der Waals surface area contributed by atoms with E-state index in [0.29, 0.717) is 12.3 Å². The molecule has 0 radical (unpaired) electrons. The fourth-order valence-corrected chi connectivity index (χ4v) is 2.77. The number of nitrogens with one attached hydrogen (secondary N) is 2. The molecular formula is C13H15IN2O3S. The summed E-state index contributed by atoms with van der Waals surface area (Å²) in [6.45, 7) is 2.48. The Kier molecular flexibility index (Phi) is 4.71. The largest absolute Gasteiger partial charge is 0.446 e. The smallest absolute Gasteiger partial charge is 0.273 e. The molecule has 20 heavy (non-hydrogen) atoms. The van der Waals surface area contributed by atoms with E-state index >= 15 is 0 Å². The van der Waals surface area contributed by atoms with Crippen LogP contribution in [0.3, 0.4) is 0 Å². The summed E-state index contributed by atoms with van der Waals surface area (Å²) in [6, 6.07) is 9.14. The van der Waals surface area contributed by atoms with Crippen LogP contribution >= 0.6 is 22.6 Å². The van der Waals surface area contributed by atoms with Gasteiger partial charge in [0.25, 0.3) is 10.0 Å². The van der Waals surface area contributed by atoms with Crippen LogP contribution in [0.1, 0.15) is 11.3 Å². The van der Waals surface area contributed by atoms with Crippen molar-refractivity contribution in [2.24, 2.45) is 0 Å². The Labute approximate surface area is 131 Å². The summed E-state index contributed by atoms with van der Waals surface area (Å²) in [5.74, 6) is 0.564. The van der Waals surface area contributed by atoms with E-state index in [1.54, 1.807) is 6.07 Å². The molecule has 2 aromatic rings. The lowest BCUT2D eigenvalue weighted by atomic mass is 10.2. The number of sulfonamides is 1. The van der Waals surface area contributed by atoms with E-state index in [9.17, 15) is 8.42 Å². The van der Waals surface area contributed by atoms with Gasteiger partial charge in [-0.1, -0.05) is 6.07 Å². The topological polar surface area (TPSA) is 71.3 Å². The van der Waals surface area contributed by atoms with Gasteiger partial charge in [-0.15, -0.1) is 0 Å². The summed E-state index contributed by atoms with van der Waals surface area (Å²) < 4.78 is 31.8. The van der Waals surface area contributed by atoms with E-state index in [1.807, 2.05) is 25.1 Å². The maximum absolute atomic E-state index is 11.5. The second-order valence-electron chi connectivity index (χ2n) is 4.25. The average molecular weight is 406 g/mol. The second kappa shape index (κ2) is 6.15. The molecule has 0 aliphatic carbocycles. The van der Waals surface area contributed by atoms with Gasteiger partial charge in [0.15, 0.2) is 0 Å². The summed E-state index contributed by atoms with van der Waals surface area (Å²) in [7, 11) is -2.17. The highest BCUT2D eigenvalue weighted by Crippen LogP contribution is 2.19. The molecule has 0 atom stereocenters. The zero-order valence-electron chi connectivity index (χ0n) is 11.1. The first-order valence-corrected chi connectivity index (χ1v) is 8.51. The van der Waals surface area contributed by atoms with E-state index in [-0.39, 0.29) is 5.09 Å². The van der Waals surface area contributed by atoms with E-state index in [1.165, 1.54) is 22.2 Å². The Morgan fingerprint density at radius 1 is 1.25 bits per heavy atom. The number of furan rings is 1. The van der Waals surface area contributed by atoms with Crippen molar-refractivity contribution in [3.05, 3.63) is 45.2 Å². The molecule has 0 unspecified atom stereocenters. The standard InChI is InChI=1S/C13H15IN2O3S/c1-9-3-4-10(7-12(9)14)16-8-11-5-6-13(19-11)20(17,18)15-2/h3-7,15-16H,8H2,1-2H3. The van der Waals surface area contributed by atoms with Crippen LogP contribution < -0.4 is 10.0 Å². The molecule has 0 fully saturated rings. The number of hydrogen-bond donors (Lipinski definition) is 2. The zero-order chi connectivity index (χ0) is 14.8. The number of anilines is 1. The molecule has 108 valence electrons. The molecule has 1 heterocycles. The molecule has 2 N–H and O–H groups in total. The van der Waals surface area contributed by atoms with Gasteiger partial charge in [0, 0.05) is 9.26 Å². The molecule has 0 saturated carbocycles. The van der Waals surface area contributed by atoms with Crippen LogP contribution in [0.5, 0.6) is 0 Å². The number of halogens is 1. The van der Waals surface area contributed by atoms with Crippen molar-refractivity contribution in [1.29, 1.82) is 0 Å². The van der Waals surface area contributed by atoms with Crippen molar-refractivity contribution < 1.29 is 12.8 Å². The number of benzene rings is 1. The molecule has 0 spiro atoms. The molecule has 5 nitrogen and oxygen atoms in total. The summed E-state index contributed by atoms with van der Waals surface area (Å²) in [6.07, 6.45) is 0. The summed E-state index contributed by atoms with van der Waals surface area (Å²) >= 11 is 2.27. The van der Waals surface area contributed by atoms with E-state index in [4.69, 9.17) is 4.42 Å². The van der Waals surface area contributed by atoms with Crippen molar-refractivity contribution in [3.8, 4) is 0 Å². The van der Waals surface area contributed by atoms with Gasteiger partial charge >= 0.3 is 0 Å². The molecule has 1 aromatic carbocycles. The minimum Gasteiger partial charge on any atom is -0.446 e. The van der Waals surface area contributed by atoms with Gasteiger partial charge in [-0.3, -0.25) is 0 Å². The molecule has 0 bridgehead atoms. The number of aryl methyl sites for hydroxylation is 1. The number of hydrogen-bond acceptors (Lipinski definition) is 4. The molecule has 0 amide bonds.